The number of benzene rings is 1. The minimum absolute atomic E-state index is 0.0311. The van der Waals surface area contributed by atoms with Crippen molar-refractivity contribution in [2.24, 2.45) is 5.41 Å². The van der Waals surface area contributed by atoms with Gasteiger partial charge in [-0.1, -0.05) is 24.0 Å². The van der Waals surface area contributed by atoms with Gasteiger partial charge in [-0.05, 0) is 31.9 Å². The van der Waals surface area contributed by atoms with Gasteiger partial charge in [-0.15, -0.1) is 0 Å². The number of ether oxygens (including phenoxy) is 1. The van der Waals surface area contributed by atoms with Crippen LogP contribution in [-0.4, -0.2) is 12.6 Å². The molecule has 2 aliphatic rings. The first kappa shape index (κ1) is 10.5. The van der Waals surface area contributed by atoms with Gasteiger partial charge in [-0.2, -0.15) is 0 Å². The predicted molar refractivity (Wildman–Crippen MR) is 69.1 cm³/mol. The first-order valence-corrected chi connectivity index (χ1v) is 6.27. The second kappa shape index (κ2) is 4.00. The second-order valence-electron chi connectivity index (χ2n) is 5.15. The van der Waals surface area contributed by atoms with E-state index >= 15 is 0 Å². The molecule has 0 bridgehead atoms. The summed E-state index contributed by atoms with van der Waals surface area (Å²) in [5.41, 5.74) is 1.36. The zero-order valence-corrected chi connectivity index (χ0v) is 10.1. The van der Waals surface area contributed by atoms with Crippen molar-refractivity contribution in [2.45, 2.75) is 32.3 Å². The number of anilines is 1. The molecule has 1 saturated carbocycles. The average molecular weight is 227 g/mol. The van der Waals surface area contributed by atoms with Gasteiger partial charge in [0.15, 0.2) is 6.10 Å². The lowest BCUT2D eigenvalue weighted by atomic mass is 10.1. The third-order valence-electron chi connectivity index (χ3n) is 3.41. The molecule has 0 amide bonds. The molecule has 1 aromatic carbocycles. The molecule has 1 aromatic rings. The molecule has 1 aliphatic heterocycles. The number of fused-ring (bicyclic) bond motifs is 1. The van der Waals surface area contributed by atoms with Gasteiger partial charge in [0.25, 0.3) is 0 Å². The lowest BCUT2D eigenvalue weighted by molar-refractivity contribution is 0.258. The summed E-state index contributed by atoms with van der Waals surface area (Å²) in [6.45, 7) is 3.15. The van der Waals surface area contributed by atoms with E-state index < -0.39 is 0 Å². The summed E-state index contributed by atoms with van der Waals surface area (Å²) in [6.07, 6.45) is 3.45. The Hall–Kier alpha value is -1.62. The maximum Gasteiger partial charge on any atom is 0.161 e. The summed E-state index contributed by atoms with van der Waals surface area (Å²) >= 11 is 0. The van der Waals surface area contributed by atoms with E-state index in [0.717, 1.165) is 24.4 Å². The number of hydrogen-bond donors (Lipinski definition) is 1. The quantitative estimate of drug-likeness (QED) is 0.688. The molecular weight excluding hydrogens is 210 g/mol. The van der Waals surface area contributed by atoms with Gasteiger partial charge in [0.05, 0.1) is 5.69 Å². The first-order chi connectivity index (χ1) is 8.25. The van der Waals surface area contributed by atoms with E-state index in [4.69, 9.17) is 4.74 Å². The smallest absolute Gasteiger partial charge is 0.161 e. The Morgan fingerprint density at radius 3 is 3.00 bits per heavy atom. The van der Waals surface area contributed by atoms with Crippen LogP contribution in [0.1, 0.15) is 26.2 Å². The molecule has 2 heteroatoms. The van der Waals surface area contributed by atoms with Crippen molar-refractivity contribution in [3.63, 3.8) is 0 Å². The molecule has 17 heavy (non-hydrogen) atoms. The Balaban J connectivity index is 1.77. The lowest BCUT2D eigenvalue weighted by Gasteiger charge is -2.11. The third-order valence-corrected chi connectivity index (χ3v) is 3.41. The molecule has 0 spiro atoms. The van der Waals surface area contributed by atoms with Crippen molar-refractivity contribution < 1.29 is 4.74 Å². The van der Waals surface area contributed by atoms with Gasteiger partial charge in [0.2, 0.25) is 0 Å². The maximum atomic E-state index is 5.94. The van der Waals surface area contributed by atoms with Gasteiger partial charge in [0, 0.05) is 18.4 Å². The van der Waals surface area contributed by atoms with Crippen molar-refractivity contribution in [1.29, 1.82) is 0 Å². The number of para-hydroxylation sites is 2. The summed E-state index contributed by atoms with van der Waals surface area (Å²) in [7, 11) is 0. The highest BCUT2D eigenvalue weighted by atomic mass is 16.5. The fourth-order valence-corrected chi connectivity index (χ4v) is 1.93. The van der Waals surface area contributed by atoms with Gasteiger partial charge < -0.3 is 10.1 Å². The predicted octanol–water partition coefficient (Wildman–Crippen LogP) is 3.05. The highest BCUT2D eigenvalue weighted by Gasteiger charge is 2.35. The van der Waals surface area contributed by atoms with Crippen LogP contribution in [0.4, 0.5) is 5.69 Å². The minimum atomic E-state index is 0.0311. The van der Waals surface area contributed by atoms with E-state index in [-0.39, 0.29) is 11.5 Å². The summed E-state index contributed by atoms with van der Waals surface area (Å²) in [5, 5.41) is 3.38. The molecule has 0 radical (unpaired) electrons. The SMILES string of the molecule is CC1(C#CC2CCNc3ccccc3O2)CC1. The van der Waals surface area contributed by atoms with Crippen molar-refractivity contribution in [3.8, 4) is 17.6 Å². The van der Waals surface area contributed by atoms with Gasteiger partial charge in [-0.3, -0.25) is 0 Å². The minimum Gasteiger partial charge on any atom is -0.476 e. The summed E-state index contributed by atoms with van der Waals surface area (Å²) in [4.78, 5) is 0. The molecular formula is C15H17NO. The maximum absolute atomic E-state index is 5.94. The van der Waals surface area contributed by atoms with Crippen LogP contribution in [0.25, 0.3) is 0 Å². The Morgan fingerprint density at radius 1 is 1.35 bits per heavy atom. The molecule has 88 valence electrons. The van der Waals surface area contributed by atoms with Crippen LogP contribution >= 0.6 is 0 Å². The Morgan fingerprint density at radius 2 is 2.18 bits per heavy atom. The van der Waals surface area contributed by atoms with Crippen LogP contribution in [0, 0.1) is 17.3 Å². The molecule has 1 aliphatic carbocycles. The highest BCUT2D eigenvalue weighted by Crippen LogP contribution is 2.44. The summed E-state index contributed by atoms with van der Waals surface area (Å²) in [6, 6.07) is 8.07. The standard InChI is InChI=1S/C15H17NO/c1-15(9-10-15)8-6-12-7-11-16-13-4-2-3-5-14(13)17-12/h2-5,12,16H,7,9-11H2,1H3. The van der Waals surface area contributed by atoms with E-state index in [1.165, 1.54) is 12.8 Å². The summed E-state index contributed by atoms with van der Waals surface area (Å²) in [5.74, 6) is 7.57. The highest BCUT2D eigenvalue weighted by molar-refractivity contribution is 5.57. The molecule has 1 N–H and O–H groups in total. The van der Waals surface area contributed by atoms with E-state index in [9.17, 15) is 0 Å². The van der Waals surface area contributed by atoms with Gasteiger partial charge in [0.1, 0.15) is 5.75 Å². The van der Waals surface area contributed by atoms with Crippen molar-refractivity contribution in [3.05, 3.63) is 24.3 Å². The zero-order valence-electron chi connectivity index (χ0n) is 10.1. The largest absolute Gasteiger partial charge is 0.476 e. The fourth-order valence-electron chi connectivity index (χ4n) is 1.93. The lowest BCUT2D eigenvalue weighted by Crippen LogP contribution is -2.15. The molecule has 1 atom stereocenters. The molecule has 0 aromatic heterocycles. The number of rotatable bonds is 0. The number of hydrogen-bond acceptors (Lipinski definition) is 2. The molecule has 2 nitrogen and oxygen atoms in total. The Bertz CT molecular complexity index is 479. The van der Waals surface area contributed by atoms with Crippen LogP contribution < -0.4 is 10.1 Å². The molecule has 1 heterocycles. The molecule has 1 unspecified atom stereocenters. The molecule has 3 rings (SSSR count). The Labute approximate surface area is 102 Å². The van der Waals surface area contributed by atoms with E-state index in [2.05, 4.69) is 24.1 Å². The second-order valence-corrected chi connectivity index (χ2v) is 5.15. The van der Waals surface area contributed by atoms with Gasteiger partial charge >= 0.3 is 0 Å². The monoisotopic (exact) mass is 227 g/mol. The van der Waals surface area contributed by atoms with E-state index in [0.29, 0.717) is 0 Å². The number of nitrogens with one attached hydrogen (secondary N) is 1. The van der Waals surface area contributed by atoms with Crippen LogP contribution in [0.2, 0.25) is 0 Å². The van der Waals surface area contributed by atoms with Crippen LogP contribution in [0.15, 0.2) is 24.3 Å². The van der Waals surface area contributed by atoms with Gasteiger partial charge in [-0.25, -0.2) is 0 Å². The average Bonchev–Trinajstić information content (AvgIpc) is 3.09. The van der Waals surface area contributed by atoms with Crippen LogP contribution in [-0.2, 0) is 0 Å². The van der Waals surface area contributed by atoms with Crippen LogP contribution in [0.5, 0.6) is 5.75 Å². The Kier molecular flexibility index (Phi) is 2.48. The molecule has 0 saturated heterocycles. The molecule has 1 fully saturated rings. The summed E-state index contributed by atoms with van der Waals surface area (Å²) < 4.78 is 5.94. The topological polar surface area (TPSA) is 21.3 Å². The third kappa shape index (κ3) is 2.39. The normalized spacial score (nSPS) is 24.2. The zero-order chi connectivity index (χ0) is 11.7. The van der Waals surface area contributed by atoms with Crippen molar-refractivity contribution in [1.82, 2.24) is 0 Å². The van der Waals surface area contributed by atoms with Crippen molar-refractivity contribution in [2.75, 3.05) is 11.9 Å². The first-order valence-electron chi connectivity index (χ1n) is 6.27. The van der Waals surface area contributed by atoms with E-state index in [1.807, 2.05) is 24.3 Å². The van der Waals surface area contributed by atoms with Crippen molar-refractivity contribution >= 4 is 5.69 Å². The van der Waals surface area contributed by atoms with E-state index in [1.54, 1.807) is 0 Å². The van der Waals surface area contributed by atoms with Crippen LogP contribution in [0.3, 0.4) is 0 Å². The fraction of sp³-hybridized carbons (Fsp3) is 0.467.